The number of benzene rings is 1. The van der Waals surface area contributed by atoms with Crippen LogP contribution in [0.25, 0.3) is 11.3 Å². The van der Waals surface area contributed by atoms with Gasteiger partial charge in [-0.3, -0.25) is 9.48 Å². The molecule has 2 aromatic rings. The molecule has 1 saturated heterocycles. The molecule has 1 aliphatic heterocycles. The molecule has 6 nitrogen and oxygen atoms in total. The van der Waals surface area contributed by atoms with Crippen molar-refractivity contribution in [2.24, 2.45) is 0 Å². The minimum atomic E-state index is -3.06. The maximum absolute atomic E-state index is 12.3. The molecule has 0 saturated carbocycles. The molecule has 1 atom stereocenters. The zero-order valence-electron chi connectivity index (χ0n) is 15.0. The third-order valence-electron chi connectivity index (χ3n) is 4.73. The number of nitrogens with one attached hydrogen (secondary N) is 1. The summed E-state index contributed by atoms with van der Waals surface area (Å²) >= 11 is 0. The van der Waals surface area contributed by atoms with Crippen molar-refractivity contribution in [3.63, 3.8) is 0 Å². The minimum Gasteiger partial charge on any atom is -0.347 e. The fraction of sp³-hybridized carbons (Fsp3) is 0.368. The molecule has 0 radical (unpaired) electrons. The first-order valence-electron chi connectivity index (χ1n) is 8.57. The number of carbonyl (C=O) groups excluding carboxylic acids is 1. The number of sulfone groups is 1. The Kier molecular flexibility index (Phi) is 5.00. The summed E-state index contributed by atoms with van der Waals surface area (Å²) in [5.41, 5.74) is 4.27. The minimum absolute atomic E-state index is 0.0558. The first kappa shape index (κ1) is 18.4. The number of hydrogen-bond donors (Lipinski definition) is 1. The summed E-state index contributed by atoms with van der Waals surface area (Å²) in [6.07, 6.45) is 2.11. The standard InChI is InChI=1S/C19H23N3O3S/c1-4-8-20-19(23)17-11-18(15-6-5-13(2)14(3)10-15)22(21-17)16-7-9-26(24,25)12-16/h4-6,10-11,16H,1,7-9,12H2,2-3H3,(H,20,23)/t16-/m0/s1. The van der Waals surface area contributed by atoms with Crippen LogP contribution in [0.1, 0.15) is 34.1 Å². The van der Waals surface area contributed by atoms with E-state index in [1.807, 2.05) is 32.0 Å². The highest BCUT2D eigenvalue weighted by Crippen LogP contribution is 2.31. The van der Waals surface area contributed by atoms with Crippen molar-refractivity contribution < 1.29 is 13.2 Å². The Hall–Kier alpha value is -2.41. The highest BCUT2D eigenvalue weighted by Gasteiger charge is 2.32. The van der Waals surface area contributed by atoms with Gasteiger partial charge in [-0.25, -0.2) is 8.42 Å². The van der Waals surface area contributed by atoms with Crippen LogP contribution in [-0.4, -0.2) is 42.2 Å². The summed E-state index contributed by atoms with van der Waals surface area (Å²) in [5, 5.41) is 7.16. The number of carbonyl (C=O) groups is 1. The molecule has 2 heterocycles. The van der Waals surface area contributed by atoms with E-state index in [2.05, 4.69) is 17.0 Å². The smallest absolute Gasteiger partial charge is 0.272 e. The van der Waals surface area contributed by atoms with Crippen LogP contribution in [0.15, 0.2) is 36.9 Å². The van der Waals surface area contributed by atoms with Gasteiger partial charge in [0.05, 0.1) is 23.2 Å². The second kappa shape index (κ2) is 7.07. The van der Waals surface area contributed by atoms with Crippen molar-refractivity contribution in [3.05, 3.63) is 53.7 Å². The second-order valence-corrected chi connectivity index (χ2v) is 8.94. The van der Waals surface area contributed by atoms with Crippen LogP contribution < -0.4 is 5.32 Å². The largest absolute Gasteiger partial charge is 0.347 e. The van der Waals surface area contributed by atoms with Crippen LogP contribution in [0.4, 0.5) is 0 Å². The van der Waals surface area contributed by atoms with Crippen molar-refractivity contribution in [1.29, 1.82) is 0 Å². The number of aryl methyl sites for hydroxylation is 2. The topological polar surface area (TPSA) is 81.1 Å². The zero-order chi connectivity index (χ0) is 18.9. The van der Waals surface area contributed by atoms with E-state index in [1.54, 1.807) is 16.8 Å². The van der Waals surface area contributed by atoms with Crippen LogP contribution in [-0.2, 0) is 9.84 Å². The van der Waals surface area contributed by atoms with Crippen molar-refractivity contribution in [3.8, 4) is 11.3 Å². The lowest BCUT2D eigenvalue weighted by Gasteiger charge is -2.14. The molecule has 1 fully saturated rings. The van der Waals surface area contributed by atoms with E-state index in [4.69, 9.17) is 0 Å². The number of amides is 1. The molecule has 1 aromatic heterocycles. The van der Waals surface area contributed by atoms with E-state index in [0.29, 0.717) is 13.0 Å². The summed E-state index contributed by atoms with van der Waals surface area (Å²) in [4.78, 5) is 12.3. The van der Waals surface area contributed by atoms with E-state index in [9.17, 15) is 13.2 Å². The Morgan fingerprint density at radius 2 is 2.12 bits per heavy atom. The molecule has 0 bridgehead atoms. The Balaban J connectivity index is 2.05. The quantitative estimate of drug-likeness (QED) is 0.816. The van der Waals surface area contributed by atoms with Gasteiger partial charge in [0.25, 0.3) is 5.91 Å². The second-order valence-electron chi connectivity index (χ2n) is 6.71. The van der Waals surface area contributed by atoms with Crippen molar-refractivity contribution in [2.75, 3.05) is 18.1 Å². The molecule has 0 unspecified atom stereocenters. The number of hydrogen-bond acceptors (Lipinski definition) is 4. The van der Waals surface area contributed by atoms with Crippen molar-refractivity contribution in [2.45, 2.75) is 26.3 Å². The Labute approximate surface area is 153 Å². The van der Waals surface area contributed by atoms with Gasteiger partial charge in [0.2, 0.25) is 0 Å². The third kappa shape index (κ3) is 3.72. The fourth-order valence-corrected chi connectivity index (χ4v) is 4.82. The van der Waals surface area contributed by atoms with Crippen LogP contribution in [0, 0.1) is 13.8 Å². The highest BCUT2D eigenvalue weighted by molar-refractivity contribution is 7.91. The fourth-order valence-electron chi connectivity index (χ4n) is 3.12. The van der Waals surface area contributed by atoms with Crippen LogP contribution >= 0.6 is 0 Å². The molecule has 1 aliphatic rings. The molecule has 0 spiro atoms. The Bertz CT molecular complexity index is 960. The van der Waals surface area contributed by atoms with Crippen LogP contribution in [0.2, 0.25) is 0 Å². The Morgan fingerprint density at radius 3 is 2.73 bits per heavy atom. The molecule has 7 heteroatoms. The molecule has 0 aliphatic carbocycles. The molecule has 3 rings (SSSR count). The van der Waals surface area contributed by atoms with E-state index in [-0.39, 0.29) is 29.1 Å². The van der Waals surface area contributed by atoms with E-state index in [1.165, 1.54) is 5.56 Å². The zero-order valence-corrected chi connectivity index (χ0v) is 15.8. The summed E-state index contributed by atoms with van der Waals surface area (Å²) in [6.45, 7) is 8.00. The monoisotopic (exact) mass is 373 g/mol. The average Bonchev–Trinajstić information content (AvgIpc) is 3.18. The molecule has 1 aromatic carbocycles. The summed E-state index contributed by atoms with van der Waals surface area (Å²) in [7, 11) is -3.06. The lowest BCUT2D eigenvalue weighted by molar-refractivity contribution is 0.0952. The number of nitrogens with zero attached hydrogens (tertiary/aromatic N) is 2. The first-order valence-corrected chi connectivity index (χ1v) is 10.4. The summed E-state index contributed by atoms with van der Waals surface area (Å²) in [5.74, 6) is -0.0862. The van der Waals surface area contributed by atoms with Gasteiger partial charge < -0.3 is 5.32 Å². The van der Waals surface area contributed by atoms with Crippen molar-refractivity contribution in [1.82, 2.24) is 15.1 Å². The number of rotatable bonds is 5. The normalized spacial score (nSPS) is 18.6. The first-order chi connectivity index (χ1) is 12.3. The third-order valence-corrected chi connectivity index (χ3v) is 6.48. The summed E-state index contributed by atoms with van der Waals surface area (Å²) in [6, 6.07) is 7.51. The maximum atomic E-state index is 12.3. The van der Waals surface area contributed by atoms with Crippen LogP contribution in [0.3, 0.4) is 0 Å². The molecular weight excluding hydrogens is 350 g/mol. The highest BCUT2D eigenvalue weighted by atomic mass is 32.2. The van der Waals surface area contributed by atoms with Crippen molar-refractivity contribution >= 4 is 15.7 Å². The molecule has 26 heavy (non-hydrogen) atoms. The molecular formula is C19H23N3O3S. The molecule has 1 amide bonds. The van der Waals surface area contributed by atoms with Gasteiger partial charge >= 0.3 is 0 Å². The van der Waals surface area contributed by atoms with Gasteiger partial charge in [-0.05, 0) is 43.5 Å². The van der Waals surface area contributed by atoms with E-state index >= 15 is 0 Å². The van der Waals surface area contributed by atoms with Gasteiger partial charge in [-0.15, -0.1) is 6.58 Å². The molecule has 1 N–H and O–H groups in total. The molecule has 138 valence electrons. The van der Waals surface area contributed by atoms with E-state index < -0.39 is 9.84 Å². The number of aromatic nitrogens is 2. The maximum Gasteiger partial charge on any atom is 0.272 e. The SMILES string of the molecule is C=CCNC(=O)c1cc(-c2ccc(C)c(C)c2)n([C@H]2CCS(=O)(=O)C2)n1. The van der Waals surface area contributed by atoms with Gasteiger partial charge in [0.15, 0.2) is 15.5 Å². The van der Waals surface area contributed by atoms with Gasteiger partial charge in [-0.2, -0.15) is 5.10 Å². The van der Waals surface area contributed by atoms with Crippen LogP contribution in [0.5, 0.6) is 0 Å². The summed E-state index contributed by atoms with van der Waals surface area (Å²) < 4.78 is 25.5. The average molecular weight is 373 g/mol. The predicted molar refractivity (Wildman–Crippen MR) is 102 cm³/mol. The van der Waals surface area contributed by atoms with Gasteiger partial charge in [0.1, 0.15) is 0 Å². The predicted octanol–water partition coefficient (Wildman–Crippen LogP) is 2.44. The lowest BCUT2D eigenvalue weighted by atomic mass is 10.0. The van der Waals surface area contributed by atoms with Gasteiger partial charge in [-0.1, -0.05) is 18.2 Å². The van der Waals surface area contributed by atoms with E-state index in [0.717, 1.165) is 16.8 Å². The van der Waals surface area contributed by atoms with Gasteiger partial charge in [0, 0.05) is 12.1 Å². The lowest BCUT2D eigenvalue weighted by Crippen LogP contribution is -2.24. The Morgan fingerprint density at radius 1 is 1.35 bits per heavy atom.